The molecule has 3 atom stereocenters. The molecule has 6 heteroatoms. The van der Waals surface area contributed by atoms with Crippen LogP contribution in [-0.2, 0) is 4.79 Å². The van der Waals surface area contributed by atoms with E-state index in [1.165, 1.54) is 0 Å². The summed E-state index contributed by atoms with van der Waals surface area (Å²) in [4.78, 5) is 27.0. The minimum Gasteiger partial charge on any atom is -0.486 e. The Balaban J connectivity index is 1.54. The summed E-state index contributed by atoms with van der Waals surface area (Å²) >= 11 is 0. The van der Waals surface area contributed by atoms with E-state index in [-0.39, 0.29) is 11.8 Å². The molecule has 0 unspecified atom stereocenters. The molecule has 2 amide bonds. The van der Waals surface area contributed by atoms with Crippen LogP contribution in [0.5, 0.6) is 11.5 Å². The van der Waals surface area contributed by atoms with Crippen LogP contribution in [0.1, 0.15) is 22.3 Å². The fourth-order valence-electron chi connectivity index (χ4n) is 4.49. The lowest BCUT2D eigenvalue weighted by atomic mass is 9.96. The van der Waals surface area contributed by atoms with Crippen LogP contribution in [-0.4, -0.2) is 42.5 Å². The summed E-state index contributed by atoms with van der Waals surface area (Å²) in [6.45, 7) is 3.64. The highest BCUT2D eigenvalue weighted by Gasteiger charge is 2.56. The molecule has 2 fully saturated rings. The van der Waals surface area contributed by atoms with E-state index in [2.05, 4.69) is 0 Å². The lowest BCUT2D eigenvalue weighted by Crippen LogP contribution is -2.46. The molecule has 3 aliphatic rings. The van der Waals surface area contributed by atoms with Crippen LogP contribution in [0.25, 0.3) is 11.1 Å². The van der Waals surface area contributed by atoms with Crippen molar-refractivity contribution in [2.75, 3.05) is 19.8 Å². The number of piperidine rings is 1. The number of nitrogens with zero attached hydrogens (tertiary/aromatic N) is 1. The van der Waals surface area contributed by atoms with Crippen molar-refractivity contribution in [3.8, 4) is 22.6 Å². The van der Waals surface area contributed by atoms with Crippen LogP contribution in [0.15, 0.2) is 36.4 Å². The summed E-state index contributed by atoms with van der Waals surface area (Å²) in [6.07, 6.45) is 0.986. The molecule has 2 aliphatic heterocycles. The summed E-state index contributed by atoms with van der Waals surface area (Å²) in [6, 6.07) is 11.0. The van der Waals surface area contributed by atoms with Gasteiger partial charge in [-0.3, -0.25) is 9.59 Å². The van der Waals surface area contributed by atoms with Gasteiger partial charge in [-0.25, -0.2) is 0 Å². The highest BCUT2D eigenvalue weighted by molar-refractivity contribution is 6.03. The van der Waals surface area contributed by atoms with Crippen molar-refractivity contribution in [1.82, 2.24) is 4.90 Å². The second kappa shape index (κ2) is 6.26. The number of rotatable bonds is 3. The number of fused-ring (bicyclic) bond motifs is 2. The van der Waals surface area contributed by atoms with Crippen molar-refractivity contribution >= 4 is 11.8 Å². The minimum absolute atomic E-state index is 0.138. The monoisotopic (exact) mass is 378 g/mol. The SMILES string of the molecule is Cc1ccc(C(=O)N2C[C@H]3C[C@H]3[C@H]2C(N)=O)c(-c2ccc3c(c2)OCCO3)c1. The third-order valence-corrected chi connectivity index (χ3v) is 5.96. The van der Waals surface area contributed by atoms with Gasteiger partial charge < -0.3 is 20.1 Å². The normalized spacial score (nSPS) is 24.6. The summed E-state index contributed by atoms with van der Waals surface area (Å²) in [7, 11) is 0. The van der Waals surface area contributed by atoms with Gasteiger partial charge in [0.25, 0.3) is 5.91 Å². The lowest BCUT2D eigenvalue weighted by Gasteiger charge is -2.26. The number of ether oxygens (including phenoxy) is 2. The van der Waals surface area contributed by atoms with E-state index >= 15 is 0 Å². The Morgan fingerprint density at radius 2 is 1.86 bits per heavy atom. The zero-order valence-electron chi connectivity index (χ0n) is 15.7. The largest absolute Gasteiger partial charge is 0.486 e. The Morgan fingerprint density at radius 1 is 1.07 bits per heavy atom. The number of hydrogen-bond donors (Lipinski definition) is 1. The third-order valence-electron chi connectivity index (χ3n) is 5.96. The first-order chi connectivity index (χ1) is 13.5. The molecule has 2 aromatic rings. The van der Waals surface area contributed by atoms with E-state index in [0.717, 1.165) is 23.1 Å². The Hall–Kier alpha value is -3.02. The Kier molecular flexibility index (Phi) is 3.82. The molecule has 144 valence electrons. The molecule has 1 saturated heterocycles. The average Bonchev–Trinajstić information content (AvgIpc) is 3.35. The predicted molar refractivity (Wildman–Crippen MR) is 103 cm³/mol. The van der Waals surface area contributed by atoms with Gasteiger partial charge in [0.05, 0.1) is 0 Å². The Labute approximate surface area is 163 Å². The van der Waals surface area contributed by atoms with Gasteiger partial charge in [-0.1, -0.05) is 23.8 Å². The van der Waals surface area contributed by atoms with Crippen molar-refractivity contribution in [3.63, 3.8) is 0 Å². The molecule has 0 spiro atoms. The fraction of sp³-hybridized carbons (Fsp3) is 0.364. The maximum Gasteiger partial charge on any atom is 0.255 e. The molecule has 1 aliphatic carbocycles. The molecule has 28 heavy (non-hydrogen) atoms. The van der Waals surface area contributed by atoms with Crippen LogP contribution < -0.4 is 15.2 Å². The number of likely N-dealkylation sites (tertiary alicyclic amines) is 1. The van der Waals surface area contributed by atoms with Gasteiger partial charge >= 0.3 is 0 Å². The smallest absolute Gasteiger partial charge is 0.255 e. The summed E-state index contributed by atoms with van der Waals surface area (Å²) in [5.41, 5.74) is 8.95. The quantitative estimate of drug-likeness (QED) is 0.889. The van der Waals surface area contributed by atoms with Gasteiger partial charge in [-0.15, -0.1) is 0 Å². The first-order valence-electron chi connectivity index (χ1n) is 9.64. The number of hydrogen-bond acceptors (Lipinski definition) is 4. The second-order valence-electron chi connectivity index (χ2n) is 7.87. The zero-order valence-corrected chi connectivity index (χ0v) is 15.7. The van der Waals surface area contributed by atoms with Crippen molar-refractivity contribution in [1.29, 1.82) is 0 Å². The van der Waals surface area contributed by atoms with Gasteiger partial charge in [0.2, 0.25) is 5.91 Å². The standard InChI is InChI=1S/C22H22N2O4/c1-12-2-4-15(22(26)24-11-14-9-17(14)20(24)21(23)25)16(8-12)13-3-5-18-19(10-13)28-7-6-27-18/h2-5,8,10,14,17,20H,6-7,9,11H2,1H3,(H2,23,25)/t14-,17-,20+/m1/s1. The molecule has 2 aromatic carbocycles. The second-order valence-corrected chi connectivity index (χ2v) is 7.87. The van der Waals surface area contributed by atoms with Gasteiger partial charge in [-0.05, 0) is 54.5 Å². The average molecular weight is 378 g/mol. The highest BCUT2D eigenvalue weighted by atomic mass is 16.6. The van der Waals surface area contributed by atoms with E-state index in [0.29, 0.717) is 42.7 Å². The molecule has 5 rings (SSSR count). The molecule has 0 aromatic heterocycles. The highest BCUT2D eigenvalue weighted by Crippen LogP contribution is 2.50. The Morgan fingerprint density at radius 3 is 2.64 bits per heavy atom. The number of primary amides is 1. The van der Waals surface area contributed by atoms with Gasteiger partial charge in [-0.2, -0.15) is 0 Å². The van der Waals surface area contributed by atoms with Crippen molar-refractivity contribution in [3.05, 3.63) is 47.5 Å². The molecular formula is C22H22N2O4. The number of nitrogens with two attached hydrogens (primary N) is 1. The van der Waals surface area contributed by atoms with Crippen LogP contribution in [0.4, 0.5) is 0 Å². The van der Waals surface area contributed by atoms with E-state index in [9.17, 15) is 9.59 Å². The number of amides is 2. The number of aryl methyl sites for hydroxylation is 1. The number of benzene rings is 2. The first-order valence-corrected chi connectivity index (χ1v) is 9.64. The number of carbonyl (C=O) groups excluding carboxylic acids is 2. The maximum absolute atomic E-state index is 13.4. The molecule has 2 N–H and O–H groups in total. The zero-order chi connectivity index (χ0) is 19.4. The molecule has 0 radical (unpaired) electrons. The van der Waals surface area contributed by atoms with E-state index in [4.69, 9.17) is 15.2 Å². The molecule has 6 nitrogen and oxygen atoms in total. The van der Waals surface area contributed by atoms with E-state index in [1.807, 2.05) is 43.3 Å². The van der Waals surface area contributed by atoms with Crippen LogP contribution in [0, 0.1) is 18.8 Å². The summed E-state index contributed by atoms with van der Waals surface area (Å²) in [5.74, 6) is 1.48. The van der Waals surface area contributed by atoms with Gasteiger partial charge in [0.15, 0.2) is 11.5 Å². The van der Waals surface area contributed by atoms with E-state index in [1.54, 1.807) is 4.90 Å². The van der Waals surface area contributed by atoms with Crippen LogP contribution >= 0.6 is 0 Å². The lowest BCUT2D eigenvalue weighted by molar-refractivity contribution is -0.122. The van der Waals surface area contributed by atoms with Crippen molar-refractivity contribution in [2.45, 2.75) is 19.4 Å². The first kappa shape index (κ1) is 17.1. The molecule has 0 bridgehead atoms. The van der Waals surface area contributed by atoms with Gasteiger partial charge in [0.1, 0.15) is 19.3 Å². The van der Waals surface area contributed by atoms with Crippen LogP contribution in [0.2, 0.25) is 0 Å². The molecular weight excluding hydrogens is 356 g/mol. The molecule has 2 heterocycles. The minimum atomic E-state index is -0.494. The fourth-order valence-corrected chi connectivity index (χ4v) is 4.49. The van der Waals surface area contributed by atoms with Gasteiger partial charge in [0, 0.05) is 12.1 Å². The summed E-state index contributed by atoms with van der Waals surface area (Å²) < 4.78 is 11.3. The number of carbonyl (C=O) groups is 2. The third kappa shape index (κ3) is 2.71. The van der Waals surface area contributed by atoms with Crippen molar-refractivity contribution in [2.24, 2.45) is 17.6 Å². The molecule has 1 saturated carbocycles. The summed E-state index contributed by atoms with van der Waals surface area (Å²) in [5, 5.41) is 0. The van der Waals surface area contributed by atoms with Crippen LogP contribution in [0.3, 0.4) is 0 Å². The van der Waals surface area contributed by atoms with E-state index < -0.39 is 11.9 Å². The predicted octanol–water partition coefficient (Wildman–Crippen LogP) is 2.38. The Bertz CT molecular complexity index is 986. The van der Waals surface area contributed by atoms with Crippen molar-refractivity contribution < 1.29 is 19.1 Å². The topological polar surface area (TPSA) is 81.9 Å². The maximum atomic E-state index is 13.4.